The summed E-state index contributed by atoms with van der Waals surface area (Å²) in [5, 5.41) is 3.29. The maximum absolute atomic E-state index is 13.8. The molecule has 2 heterocycles. The van der Waals surface area contributed by atoms with Gasteiger partial charge in [-0.25, -0.2) is 14.4 Å². The van der Waals surface area contributed by atoms with Gasteiger partial charge in [0.05, 0.1) is 18.6 Å². The Morgan fingerprint density at radius 3 is 3.04 bits per heavy atom. The van der Waals surface area contributed by atoms with E-state index in [0.29, 0.717) is 11.6 Å². The van der Waals surface area contributed by atoms with Crippen LogP contribution in [0.3, 0.4) is 0 Å². The summed E-state index contributed by atoms with van der Waals surface area (Å²) in [4.78, 5) is 15.7. The highest BCUT2D eigenvalue weighted by molar-refractivity contribution is 5.69. The van der Waals surface area contributed by atoms with Gasteiger partial charge in [0.15, 0.2) is 17.2 Å². The number of hydrogen-bond acceptors (Lipinski definition) is 5. The van der Waals surface area contributed by atoms with Crippen molar-refractivity contribution in [3.05, 3.63) is 42.6 Å². The lowest BCUT2D eigenvalue weighted by Crippen LogP contribution is -2.33. The number of nitrogens with one attached hydrogen (secondary N) is 2. The molecule has 2 atom stereocenters. The van der Waals surface area contributed by atoms with E-state index in [-0.39, 0.29) is 23.7 Å². The highest BCUT2D eigenvalue weighted by Crippen LogP contribution is 2.28. The van der Waals surface area contributed by atoms with Crippen LogP contribution in [0.4, 0.5) is 10.3 Å². The Morgan fingerprint density at radius 1 is 1.22 bits per heavy atom. The van der Waals surface area contributed by atoms with Crippen molar-refractivity contribution >= 4 is 17.1 Å². The van der Waals surface area contributed by atoms with Crippen molar-refractivity contribution in [3.8, 4) is 5.75 Å². The molecule has 1 saturated carbocycles. The van der Waals surface area contributed by atoms with Crippen LogP contribution in [-0.4, -0.2) is 32.1 Å². The first-order valence-electron chi connectivity index (χ1n) is 7.63. The highest BCUT2D eigenvalue weighted by Gasteiger charge is 2.30. The van der Waals surface area contributed by atoms with E-state index in [1.165, 1.54) is 6.07 Å². The highest BCUT2D eigenvalue weighted by atomic mass is 19.1. The fourth-order valence-electron chi connectivity index (χ4n) is 2.91. The van der Waals surface area contributed by atoms with Crippen molar-refractivity contribution < 1.29 is 9.13 Å². The van der Waals surface area contributed by atoms with E-state index in [0.717, 1.165) is 24.8 Å². The molecular weight excluding hydrogens is 297 g/mol. The molecule has 23 heavy (non-hydrogen) atoms. The first-order chi connectivity index (χ1) is 11.3. The van der Waals surface area contributed by atoms with Crippen molar-refractivity contribution in [1.29, 1.82) is 0 Å². The minimum atomic E-state index is -0.340. The predicted molar refractivity (Wildman–Crippen MR) is 83.8 cm³/mol. The Balaban J connectivity index is 1.50. The van der Waals surface area contributed by atoms with Crippen LogP contribution in [0.5, 0.6) is 5.75 Å². The van der Waals surface area contributed by atoms with Gasteiger partial charge in [0.2, 0.25) is 5.95 Å². The molecule has 0 unspecified atom stereocenters. The zero-order valence-corrected chi connectivity index (χ0v) is 12.4. The maximum atomic E-state index is 13.8. The van der Waals surface area contributed by atoms with Crippen molar-refractivity contribution in [2.75, 3.05) is 5.32 Å². The molecule has 2 aromatic heterocycles. The lowest BCUT2D eigenvalue weighted by molar-refractivity contribution is 0.189. The van der Waals surface area contributed by atoms with E-state index >= 15 is 0 Å². The molecule has 6 nitrogen and oxygen atoms in total. The van der Waals surface area contributed by atoms with Gasteiger partial charge in [-0.2, -0.15) is 4.98 Å². The summed E-state index contributed by atoms with van der Waals surface area (Å²) in [5.74, 6) is 0.459. The Labute approximate surface area is 132 Å². The van der Waals surface area contributed by atoms with Crippen LogP contribution >= 0.6 is 0 Å². The summed E-state index contributed by atoms with van der Waals surface area (Å²) in [6.07, 6.45) is 5.99. The number of H-pyrrole nitrogens is 1. The number of aromatic nitrogens is 4. The van der Waals surface area contributed by atoms with E-state index in [9.17, 15) is 4.39 Å². The Morgan fingerprint density at radius 2 is 2.13 bits per heavy atom. The molecule has 2 N–H and O–H groups in total. The second kappa shape index (κ2) is 5.83. The number of fused-ring (bicyclic) bond motifs is 1. The molecular formula is C16H16FN5O. The molecule has 7 heteroatoms. The van der Waals surface area contributed by atoms with Gasteiger partial charge in [-0.05, 0) is 31.4 Å². The fraction of sp³-hybridized carbons (Fsp3) is 0.312. The summed E-state index contributed by atoms with van der Waals surface area (Å²) >= 11 is 0. The summed E-state index contributed by atoms with van der Waals surface area (Å²) in [6, 6.07) is 6.52. The summed E-state index contributed by atoms with van der Waals surface area (Å²) < 4.78 is 19.6. The van der Waals surface area contributed by atoms with Gasteiger partial charge in [-0.15, -0.1) is 0 Å². The van der Waals surface area contributed by atoms with Crippen molar-refractivity contribution in [2.45, 2.75) is 31.4 Å². The largest absolute Gasteiger partial charge is 0.485 e. The number of nitrogens with zero attached hydrogens (tertiary/aromatic N) is 3. The van der Waals surface area contributed by atoms with Gasteiger partial charge in [-0.3, -0.25) is 0 Å². The molecule has 0 spiro atoms. The first-order valence-corrected chi connectivity index (χ1v) is 7.63. The van der Waals surface area contributed by atoms with Gasteiger partial charge >= 0.3 is 0 Å². The number of halogens is 1. The van der Waals surface area contributed by atoms with E-state index < -0.39 is 0 Å². The minimum absolute atomic E-state index is 0.0472. The van der Waals surface area contributed by atoms with Crippen LogP contribution in [-0.2, 0) is 0 Å². The lowest BCUT2D eigenvalue weighted by atomic mass is 10.2. The second-order valence-electron chi connectivity index (χ2n) is 5.60. The number of hydrogen-bond donors (Lipinski definition) is 2. The van der Waals surface area contributed by atoms with Gasteiger partial charge in [0.1, 0.15) is 11.6 Å². The van der Waals surface area contributed by atoms with Gasteiger partial charge in [-0.1, -0.05) is 12.1 Å². The van der Waals surface area contributed by atoms with Crippen LogP contribution in [0.25, 0.3) is 11.2 Å². The average molecular weight is 313 g/mol. The quantitative estimate of drug-likeness (QED) is 0.774. The van der Waals surface area contributed by atoms with Crippen molar-refractivity contribution in [1.82, 2.24) is 19.9 Å². The van der Waals surface area contributed by atoms with Crippen LogP contribution in [0.15, 0.2) is 36.8 Å². The zero-order chi connectivity index (χ0) is 15.6. The molecule has 0 radical (unpaired) electrons. The van der Waals surface area contributed by atoms with Crippen LogP contribution in [0, 0.1) is 5.82 Å². The number of anilines is 1. The van der Waals surface area contributed by atoms with Crippen molar-refractivity contribution in [2.24, 2.45) is 0 Å². The van der Waals surface area contributed by atoms with E-state index in [1.807, 2.05) is 0 Å². The topological polar surface area (TPSA) is 75.7 Å². The number of para-hydroxylation sites is 1. The third-order valence-corrected chi connectivity index (χ3v) is 4.06. The summed E-state index contributed by atoms with van der Waals surface area (Å²) in [7, 11) is 0. The molecule has 0 bridgehead atoms. The molecule has 0 saturated heterocycles. The fourth-order valence-corrected chi connectivity index (χ4v) is 2.91. The summed E-state index contributed by atoms with van der Waals surface area (Å²) in [5.41, 5.74) is 1.41. The molecule has 1 aromatic carbocycles. The van der Waals surface area contributed by atoms with Gasteiger partial charge in [0.25, 0.3) is 0 Å². The SMILES string of the molecule is Fc1ccccc1O[C@@H]1CCC[C@@H]1Nc1ncc2[nH]cnc2n1. The smallest absolute Gasteiger partial charge is 0.225 e. The average Bonchev–Trinajstić information content (AvgIpc) is 3.19. The number of imidazole rings is 1. The Hall–Kier alpha value is -2.70. The predicted octanol–water partition coefficient (Wildman–Crippen LogP) is 2.90. The lowest BCUT2D eigenvalue weighted by Gasteiger charge is -2.22. The monoisotopic (exact) mass is 313 g/mol. The first kappa shape index (κ1) is 13.9. The molecule has 1 aliphatic rings. The van der Waals surface area contributed by atoms with Crippen LogP contribution < -0.4 is 10.1 Å². The number of aromatic amines is 1. The van der Waals surface area contributed by atoms with Crippen LogP contribution in [0.2, 0.25) is 0 Å². The third kappa shape index (κ3) is 2.81. The minimum Gasteiger partial charge on any atom is -0.485 e. The Kier molecular flexibility index (Phi) is 3.53. The van der Waals surface area contributed by atoms with E-state index in [4.69, 9.17) is 4.74 Å². The molecule has 0 amide bonds. The molecule has 1 aliphatic carbocycles. The molecule has 3 aromatic rings. The molecule has 118 valence electrons. The van der Waals surface area contributed by atoms with Crippen molar-refractivity contribution in [3.63, 3.8) is 0 Å². The number of benzene rings is 1. The van der Waals surface area contributed by atoms with Gasteiger partial charge in [0, 0.05) is 0 Å². The summed E-state index contributed by atoms with van der Waals surface area (Å²) in [6.45, 7) is 0. The number of ether oxygens (including phenoxy) is 1. The normalized spacial score (nSPS) is 20.7. The zero-order valence-electron chi connectivity index (χ0n) is 12.4. The van der Waals surface area contributed by atoms with E-state index in [2.05, 4.69) is 25.3 Å². The maximum Gasteiger partial charge on any atom is 0.225 e. The van der Waals surface area contributed by atoms with Crippen LogP contribution in [0.1, 0.15) is 19.3 Å². The second-order valence-corrected chi connectivity index (χ2v) is 5.60. The van der Waals surface area contributed by atoms with Gasteiger partial charge < -0.3 is 15.0 Å². The molecule has 4 rings (SSSR count). The molecule has 1 fully saturated rings. The standard InChI is InChI=1S/C16H16FN5O/c17-10-4-1-2-6-13(10)23-14-7-3-5-11(14)21-16-18-8-12-15(22-16)20-9-19-12/h1-2,4,6,8-9,11,14H,3,5,7H2,(H2,18,19,20,21,22)/t11-,14+/m0/s1. The Bertz CT molecular complexity index is 821. The van der Waals surface area contributed by atoms with E-state index in [1.54, 1.807) is 30.7 Å². The third-order valence-electron chi connectivity index (χ3n) is 4.06. The molecule has 0 aliphatic heterocycles. The number of rotatable bonds is 4.